The first-order valence-electron chi connectivity index (χ1n) is 11.2. The molecule has 1 amide bonds. The Hall–Kier alpha value is -4.11. The Morgan fingerprint density at radius 1 is 0.762 bits per heavy atom. The van der Waals surface area contributed by atoms with Crippen molar-refractivity contribution in [2.24, 2.45) is 0 Å². The van der Waals surface area contributed by atoms with Crippen molar-refractivity contribution in [3.05, 3.63) is 98.5 Å². The zero-order valence-electron chi connectivity index (χ0n) is 20.4. The molecule has 0 heterocycles. The smallest absolute Gasteiger partial charge is 0.416 e. The van der Waals surface area contributed by atoms with E-state index in [0.717, 1.165) is 24.3 Å². The molecule has 8 nitrogen and oxygen atoms in total. The molecule has 42 heavy (non-hydrogen) atoms. The van der Waals surface area contributed by atoms with Gasteiger partial charge in [0.25, 0.3) is 5.91 Å². The van der Waals surface area contributed by atoms with Crippen LogP contribution in [0.15, 0.2) is 71.2 Å². The predicted octanol–water partition coefficient (Wildman–Crippen LogP) is 6.61. The lowest BCUT2D eigenvalue weighted by atomic mass is 10.1. The Labute approximate surface area is 245 Å². The van der Waals surface area contributed by atoms with Crippen LogP contribution < -0.4 is 5.32 Å². The first kappa shape index (κ1) is 32.4. The third kappa shape index (κ3) is 8.22. The van der Waals surface area contributed by atoms with E-state index in [1.54, 1.807) is 0 Å². The Morgan fingerprint density at radius 3 is 1.67 bits per heavy atom. The maximum absolute atomic E-state index is 13.1. The Morgan fingerprint density at radius 2 is 1.24 bits per heavy atom. The summed E-state index contributed by atoms with van der Waals surface area (Å²) in [5.74, 6) is -6.77. The number of amides is 1. The second-order valence-corrected chi connectivity index (χ2v) is 9.53. The number of carbonyl (C=O) groups excluding carboxylic acids is 3. The molecular weight excluding hydrogens is 668 g/mol. The quantitative estimate of drug-likeness (QED) is 0.203. The molecule has 0 radical (unpaired) electrons. The highest BCUT2D eigenvalue weighted by atomic mass is 79.9. The van der Waals surface area contributed by atoms with Crippen LogP contribution in [0.5, 0.6) is 0 Å². The molecule has 0 bridgehead atoms. The van der Waals surface area contributed by atoms with Gasteiger partial charge in [0, 0.05) is 10.2 Å². The van der Waals surface area contributed by atoms with Gasteiger partial charge in [0.1, 0.15) is 0 Å². The zero-order chi connectivity index (χ0) is 31.4. The van der Waals surface area contributed by atoms with E-state index in [1.807, 2.05) is 0 Å². The molecule has 0 unspecified atom stereocenters. The number of ether oxygens (including phenoxy) is 2. The number of benzene rings is 3. The van der Waals surface area contributed by atoms with Crippen molar-refractivity contribution in [3.63, 3.8) is 0 Å². The summed E-state index contributed by atoms with van der Waals surface area (Å²) < 4.78 is 88.8. The maximum Gasteiger partial charge on any atom is 0.416 e. The lowest BCUT2D eigenvalue weighted by molar-refractivity contribution is -0.157. The topological polar surface area (TPSA) is 119 Å². The second-order valence-electron chi connectivity index (χ2n) is 8.27. The largest absolute Gasteiger partial charge is 0.478 e. The van der Waals surface area contributed by atoms with Crippen LogP contribution >= 0.6 is 27.5 Å². The van der Waals surface area contributed by atoms with Crippen molar-refractivity contribution in [2.45, 2.75) is 24.6 Å². The number of hydrogen-bond acceptors (Lipinski definition) is 6. The van der Waals surface area contributed by atoms with E-state index >= 15 is 0 Å². The Bertz CT molecular complexity index is 1530. The Balaban J connectivity index is 1.98. The Kier molecular flexibility index (Phi) is 9.89. The third-order valence-corrected chi connectivity index (χ3v) is 6.52. The molecule has 0 saturated carbocycles. The number of aliphatic carboxylic acids is 1. The van der Waals surface area contributed by atoms with Gasteiger partial charge in [-0.3, -0.25) is 4.79 Å². The van der Waals surface area contributed by atoms with Gasteiger partial charge in [0.15, 0.2) is 0 Å². The van der Waals surface area contributed by atoms with E-state index in [-0.39, 0.29) is 10.7 Å². The van der Waals surface area contributed by atoms with Gasteiger partial charge in [-0.05, 0) is 70.5 Å². The molecule has 222 valence electrons. The number of rotatable bonds is 8. The summed E-state index contributed by atoms with van der Waals surface area (Å²) in [6.45, 7) is 0. The summed E-state index contributed by atoms with van der Waals surface area (Å²) in [5.41, 5.74) is -4.13. The minimum absolute atomic E-state index is 0.0679. The van der Waals surface area contributed by atoms with Crippen molar-refractivity contribution in [2.75, 3.05) is 5.32 Å². The van der Waals surface area contributed by atoms with Crippen LogP contribution in [0.4, 0.5) is 32.0 Å². The third-order valence-electron chi connectivity index (χ3n) is 5.28. The number of carboxylic acid groups (broad SMARTS) is 1. The van der Waals surface area contributed by atoms with Crippen LogP contribution in [0.3, 0.4) is 0 Å². The van der Waals surface area contributed by atoms with Crippen molar-refractivity contribution in [1.82, 2.24) is 0 Å². The van der Waals surface area contributed by atoms with Crippen LogP contribution in [0.1, 0.15) is 31.8 Å². The van der Waals surface area contributed by atoms with Crippen LogP contribution in [0.25, 0.3) is 0 Å². The fraction of sp³-hybridized carbons (Fsp3) is 0.154. The second kappa shape index (κ2) is 12.8. The number of alkyl halides is 6. The fourth-order valence-electron chi connectivity index (χ4n) is 3.29. The van der Waals surface area contributed by atoms with E-state index in [2.05, 4.69) is 21.2 Å². The number of carbonyl (C=O) groups is 4. The molecule has 3 aromatic carbocycles. The number of nitrogens with one attached hydrogen (secondary N) is 1. The highest BCUT2D eigenvalue weighted by molar-refractivity contribution is 9.10. The van der Waals surface area contributed by atoms with Crippen LogP contribution in [0, 0.1) is 0 Å². The zero-order valence-corrected chi connectivity index (χ0v) is 22.8. The van der Waals surface area contributed by atoms with Crippen molar-refractivity contribution >= 4 is 57.0 Å². The summed E-state index contributed by atoms with van der Waals surface area (Å²) in [7, 11) is 0. The molecule has 0 fully saturated rings. The van der Waals surface area contributed by atoms with E-state index in [0.29, 0.717) is 28.7 Å². The summed E-state index contributed by atoms with van der Waals surface area (Å²) in [4.78, 5) is 50.6. The monoisotopic (exact) mass is 681 g/mol. The molecule has 0 aliphatic heterocycles. The predicted molar refractivity (Wildman–Crippen MR) is 137 cm³/mol. The minimum Gasteiger partial charge on any atom is -0.478 e. The lowest BCUT2D eigenvalue weighted by Gasteiger charge is -2.24. The van der Waals surface area contributed by atoms with E-state index < -0.39 is 70.6 Å². The molecule has 2 N–H and O–H groups in total. The van der Waals surface area contributed by atoms with Gasteiger partial charge < -0.3 is 19.9 Å². The first-order chi connectivity index (χ1) is 19.5. The molecular formula is C26H15BrClF6NO7. The average molecular weight is 683 g/mol. The van der Waals surface area contributed by atoms with Crippen molar-refractivity contribution in [3.8, 4) is 0 Å². The summed E-state index contributed by atoms with van der Waals surface area (Å²) in [5, 5.41) is 12.0. The van der Waals surface area contributed by atoms with Crippen LogP contribution in [0.2, 0.25) is 5.02 Å². The van der Waals surface area contributed by atoms with Gasteiger partial charge in [-0.2, -0.15) is 26.3 Å². The van der Waals surface area contributed by atoms with Crippen molar-refractivity contribution in [1.29, 1.82) is 0 Å². The summed E-state index contributed by atoms with van der Waals surface area (Å²) in [6.07, 6.45) is -15.0. The summed E-state index contributed by atoms with van der Waals surface area (Å²) in [6, 6.07) is 9.27. The molecule has 0 aliphatic carbocycles. The molecule has 3 rings (SSSR count). The SMILES string of the molecule is O=C(O[C@H](C(=O)Nc1ccc(Br)c(Cl)c1)[C@@H](OC(=O)c1cccc(C(F)(F)F)c1)C(=O)O)c1cccc(C(F)(F)F)c1. The number of carboxylic acids is 1. The molecule has 3 aromatic rings. The van der Waals surface area contributed by atoms with Gasteiger partial charge in [0.05, 0.1) is 27.3 Å². The van der Waals surface area contributed by atoms with Gasteiger partial charge in [0.2, 0.25) is 12.2 Å². The van der Waals surface area contributed by atoms with Gasteiger partial charge in [-0.15, -0.1) is 0 Å². The molecule has 16 heteroatoms. The van der Waals surface area contributed by atoms with E-state index in [1.165, 1.54) is 18.2 Å². The number of hydrogen-bond donors (Lipinski definition) is 2. The lowest BCUT2D eigenvalue weighted by Crippen LogP contribution is -2.48. The van der Waals surface area contributed by atoms with Crippen LogP contribution in [-0.2, 0) is 31.4 Å². The van der Waals surface area contributed by atoms with Crippen LogP contribution in [-0.4, -0.2) is 41.1 Å². The molecule has 2 atom stereocenters. The molecule has 0 spiro atoms. The average Bonchev–Trinajstić information content (AvgIpc) is 2.91. The van der Waals surface area contributed by atoms with E-state index in [4.69, 9.17) is 21.1 Å². The normalized spacial score (nSPS) is 13.0. The number of anilines is 1. The number of halogens is 8. The minimum atomic E-state index is -4.88. The maximum atomic E-state index is 13.1. The standard InChI is InChI=1S/C26H15BrClF6NO7/c27-17-8-7-16(11-18(17)28)35-21(36)19(41-23(39)12-3-1-5-14(9-12)25(29,30)31)20(22(37)38)42-24(40)13-4-2-6-15(10-13)26(32,33)34/h1-11,19-20H,(H,35,36)(H,37,38)/t19-,20+/m0/s1. The molecule has 0 saturated heterocycles. The highest BCUT2D eigenvalue weighted by Crippen LogP contribution is 2.31. The first-order valence-corrected chi connectivity index (χ1v) is 12.4. The van der Waals surface area contributed by atoms with Gasteiger partial charge >= 0.3 is 30.3 Å². The van der Waals surface area contributed by atoms with Gasteiger partial charge in [-0.1, -0.05) is 23.7 Å². The fourth-order valence-corrected chi connectivity index (χ4v) is 3.72. The summed E-state index contributed by atoms with van der Waals surface area (Å²) >= 11 is 9.08. The number of esters is 2. The van der Waals surface area contributed by atoms with Gasteiger partial charge in [-0.25, -0.2) is 14.4 Å². The highest BCUT2D eigenvalue weighted by Gasteiger charge is 2.42. The van der Waals surface area contributed by atoms with E-state index in [9.17, 15) is 50.6 Å². The molecule has 0 aromatic heterocycles. The van der Waals surface area contributed by atoms with Crippen molar-refractivity contribution < 1.29 is 60.1 Å². The molecule has 0 aliphatic rings.